The van der Waals surface area contributed by atoms with Crippen LogP contribution in [0.15, 0.2) is 64.3 Å². The topological polar surface area (TPSA) is 76.7 Å². The fourth-order valence-corrected chi connectivity index (χ4v) is 3.53. The maximum Gasteiger partial charge on any atom is 0.240 e. The van der Waals surface area contributed by atoms with Gasteiger partial charge in [0.1, 0.15) is 5.82 Å². The average Bonchev–Trinajstić information content (AvgIpc) is 3.19. The van der Waals surface area contributed by atoms with Crippen LogP contribution in [0, 0.1) is 0 Å². The number of anilines is 1. The number of para-hydroxylation sites is 1. The molecule has 0 spiro atoms. The molecule has 1 atom stereocenters. The summed E-state index contributed by atoms with van der Waals surface area (Å²) in [5.41, 5.74) is 1.84. The van der Waals surface area contributed by atoms with Crippen LogP contribution >= 0.6 is 11.8 Å². The Labute approximate surface area is 161 Å². The largest absolute Gasteiger partial charge is 0.370 e. The lowest BCUT2D eigenvalue weighted by molar-refractivity contribution is 0.380. The van der Waals surface area contributed by atoms with Crippen molar-refractivity contribution in [1.29, 1.82) is 0 Å². The molecule has 0 saturated carbocycles. The highest BCUT2D eigenvalue weighted by atomic mass is 32.2. The van der Waals surface area contributed by atoms with E-state index in [-0.39, 0.29) is 5.25 Å². The molecule has 7 heteroatoms. The van der Waals surface area contributed by atoms with Crippen molar-refractivity contribution in [2.75, 3.05) is 11.9 Å². The van der Waals surface area contributed by atoms with Gasteiger partial charge in [-0.1, -0.05) is 59.4 Å². The molecule has 136 valence electrons. The van der Waals surface area contributed by atoms with Crippen LogP contribution in [0.4, 0.5) is 5.82 Å². The molecule has 4 rings (SSSR count). The van der Waals surface area contributed by atoms with E-state index in [1.807, 2.05) is 61.5 Å². The number of rotatable bonds is 6. The lowest BCUT2D eigenvalue weighted by Gasteiger charge is -2.10. The minimum Gasteiger partial charge on any atom is -0.370 e. The molecule has 0 radical (unpaired) electrons. The molecule has 2 heterocycles. The fourth-order valence-electron chi connectivity index (χ4n) is 2.72. The highest BCUT2D eigenvalue weighted by molar-refractivity contribution is 7.99. The van der Waals surface area contributed by atoms with Gasteiger partial charge in [-0.2, -0.15) is 4.98 Å². The lowest BCUT2D eigenvalue weighted by atomic mass is 10.2. The zero-order valence-corrected chi connectivity index (χ0v) is 15.9. The molecule has 0 fully saturated rings. The molecule has 6 nitrogen and oxygen atoms in total. The molecule has 4 aromatic rings. The first kappa shape index (κ1) is 17.5. The number of nitrogens with zero attached hydrogens (tertiary/aromatic N) is 4. The van der Waals surface area contributed by atoms with Gasteiger partial charge in [-0.25, -0.2) is 9.97 Å². The first-order valence-electron chi connectivity index (χ1n) is 8.81. The summed E-state index contributed by atoms with van der Waals surface area (Å²) in [6.45, 7) is 4.86. The van der Waals surface area contributed by atoms with Gasteiger partial charge >= 0.3 is 0 Å². The van der Waals surface area contributed by atoms with Crippen molar-refractivity contribution >= 4 is 28.5 Å². The molecule has 0 amide bonds. The summed E-state index contributed by atoms with van der Waals surface area (Å²) in [4.78, 5) is 13.9. The van der Waals surface area contributed by atoms with Crippen molar-refractivity contribution in [2.24, 2.45) is 0 Å². The molecule has 2 aromatic carbocycles. The SMILES string of the molecule is CCNc1nc(SC(C)c2nc(-c3ccccc3)no2)nc2ccccc12. The summed E-state index contributed by atoms with van der Waals surface area (Å²) in [5.74, 6) is 1.99. The third-order valence-electron chi connectivity index (χ3n) is 4.03. The van der Waals surface area contributed by atoms with Crippen LogP contribution in [0.25, 0.3) is 22.3 Å². The van der Waals surface area contributed by atoms with Gasteiger partial charge in [0.25, 0.3) is 0 Å². The van der Waals surface area contributed by atoms with Crippen LogP contribution in [-0.2, 0) is 0 Å². The zero-order chi connectivity index (χ0) is 18.6. The first-order valence-corrected chi connectivity index (χ1v) is 9.69. The number of fused-ring (bicyclic) bond motifs is 1. The first-order chi connectivity index (χ1) is 13.2. The second kappa shape index (κ2) is 7.75. The molecular formula is C20H19N5OS. The summed E-state index contributed by atoms with van der Waals surface area (Å²) < 4.78 is 5.47. The Hall–Kier alpha value is -2.93. The molecule has 1 unspecified atom stereocenters. The van der Waals surface area contributed by atoms with Crippen molar-refractivity contribution in [3.8, 4) is 11.4 Å². The average molecular weight is 377 g/mol. The van der Waals surface area contributed by atoms with E-state index in [2.05, 4.69) is 32.3 Å². The van der Waals surface area contributed by atoms with Gasteiger partial charge in [-0.3, -0.25) is 0 Å². The predicted octanol–water partition coefficient (Wildman–Crippen LogP) is 4.96. The van der Waals surface area contributed by atoms with E-state index in [9.17, 15) is 0 Å². The number of hydrogen-bond acceptors (Lipinski definition) is 7. The minimum absolute atomic E-state index is 0.0643. The minimum atomic E-state index is -0.0643. The standard InChI is InChI=1S/C20H19N5OS/c1-3-21-18-15-11-7-8-12-16(15)22-20(24-18)27-13(2)19-23-17(25-26-19)14-9-5-4-6-10-14/h4-13H,3H2,1-2H3,(H,21,22,24). The Bertz CT molecular complexity index is 1050. The molecule has 0 aliphatic carbocycles. The molecule has 27 heavy (non-hydrogen) atoms. The Morgan fingerprint density at radius 1 is 1.00 bits per heavy atom. The van der Waals surface area contributed by atoms with Crippen LogP contribution in [0.3, 0.4) is 0 Å². The van der Waals surface area contributed by atoms with Crippen molar-refractivity contribution in [3.63, 3.8) is 0 Å². The van der Waals surface area contributed by atoms with E-state index in [4.69, 9.17) is 4.52 Å². The van der Waals surface area contributed by atoms with Crippen LogP contribution < -0.4 is 5.32 Å². The maximum absolute atomic E-state index is 5.47. The Morgan fingerprint density at radius 3 is 2.59 bits per heavy atom. The number of benzene rings is 2. The van der Waals surface area contributed by atoms with Gasteiger partial charge < -0.3 is 9.84 Å². The van der Waals surface area contributed by atoms with E-state index in [1.165, 1.54) is 11.8 Å². The van der Waals surface area contributed by atoms with Gasteiger partial charge in [0, 0.05) is 17.5 Å². The molecule has 0 aliphatic rings. The van der Waals surface area contributed by atoms with Crippen molar-refractivity contribution in [1.82, 2.24) is 20.1 Å². The second-order valence-electron chi connectivity index (χ2n) is 5.98. The van der Waals surface area contributed by atoms with E-state index in [0.717, 1.165) is 28.8 Å². The van der Waals surface area contributed by atoms with Crippen LogP contribution in [0.2, 0.25) is 0 Å². The number of thioether (sulfide) groups is 1. The normalized spacial score (nSPS) is 12.2. The van der Waals surface area contributed by atoms with E-state index < -0.39 is 0 Å². The zero-order valence-electron chi connectivity index (χ0n) is 15.1. The maximum atomic E-state index is 5.47. The number of nitrogens with one attached hydrogen (secondary N) is 1. The van der Waals surface area contributed by atoms with Crippen molar-refractivity contribution in [3.05, 3.63) is 60.5 Å². The highest BCUT2D eigenvalue weighted by Crippen LogP contribution is 2.34. The number of hydrogen-bond donors (Lipinski definition) is 1. The van der Waals surface area contributed by atoms with Crippen molar-refractivity contribution < 1.29 is 4.52 Å². The smallest absolute Gasteiger partial charge is 0.240 e. The van der Waals surface area contributed by atoms with Crippen LogP contribution in [0.5, 0.6) is 0 Å². The third-order valence-corrected chi connectivity index (χ3v) is 4.98. The van der Waals surface area contributed by atoms with Gasteiger partial charge in [0.05, 0.1) is 10.8 Å². The van der Waals surface area contributed by atoms with Gasteiger partial charge in [-0.05, 0) is 26.0 Å². The predicted molar refractivity (Wildman–Crippen MR) is 108 cm³/mol. The summed E-state index contributed by atoms with van der Waals surface area (Å²) in [6.07, 6.45) is 0. The van der Waals surface area contributed by atoms with E-state index in [1.54, 1.807) is 0 Å². The Kier molecular flexibility index (Phi) is 5.02. The van der Waals surface area contributed by atoms with Gasteiger partial charge in [-0.15, -0.1) is 0 Å². The molecule has 1 N–H and O–H groups in total. The summed E-state index contributed by atoms with van der Waals surface area (Å²) in [6, 6.07) is 17.8. The summed E-state index contributed by atoms with van der Waals surface area (Å²) >= 11 is 1.50. The molecular weight excluding hydrogens is 358 g/mol. The second-order valence-corrected chi connectivity index (χ2v) is 7.29. The van der Waals surface area contributed by atoms with Crippen molar-refractivity contribution in [2.45, 2.75) is 24.3 Å². The number of aromatic nitrogens is 4. The Balaban J connectivity index is 1.59. The van der Waals surface area contributed by atoms with Gasteiger partial charge in [0.2, 0.25) is 11.7 Å². The van der Waals surface area contributed by atoms with Crippen LogP contribution in [0.1, 0.15) is 25.0 Å². The lowest BCUT2D eigenvalue weighted by Crippen LogP contribution is -2.03. The fraction of sp³-hybridized carbons (Fsp3) is 0.200. The Morgan fingerprint density at radius 2 is 1.78 bits per heavy atom. The molecule has 0 saturated heterocycles. The summed E-state index contributed by atoms with van der Waals surface area (Å²) in [7, 11) is 0. The van der Waals surface area contributed by atoms with E-state index in [0.29, 0.717) is 16.9 Å². The molecule has 2 aromatic heterocycles. The summed E-state index contributed by atoms with van der Waals surface area (Å²) in [5, 5.41) is 9.03. The van der Waals surface area contributed by atoms with E-state index >= 15 is 0 Å². The van der Waals surface area contributed by atoms with Gasteiger partial charge in [0.15, 0.2) is 5.16 Å². The molecule has 0 aliphatic heterocycles. The highest BCUT2D eigenvalue weighted by Gasteiger charge is 2.19. The quantitative estimate of drug-likeness (QED) is 0.376. The van der Waals surface area contributed by atoms with Crippen LogP contribution in [-0.4, -0.2) is 26.7 Å². The molecule has 0 bridgehead atoms. The third kappa shape index (κ3) is 3.78. The monoisotopic (exact) mass is 377 g/mol.